The lowest BCUT2D eigenvalue weighted by Gasteiger charge is -2.41. The third kappa shape index (κ3) is 3.87. The molecule has 0 aromatic heterocycles. The molecule has 0 spiro atoms. The number of hydrogen-bond acceptors (Lipinski definition) is 4. The van der Waals surface area contributed by atoms with Gasteiger partial charge in [0.1, 0.15) is 0 Å². The van der Waals surface area contributed by atoms with Crippen LogP contribution in [0, 0.1) is 34.5 Å². The topological polar surface area (TPSA) is 66.7 Å². The highest BCUT2D eigenvalue weighted by Crippen LogP contribution is 2.30. The smallest absolute Gasteiger partial charge is 0.275 e. The summed E-state index contributed by atoms with van der Waals surface area (Å²) in [4.78, 5) is 26.0. The molecule has 1 aliphatic heterocycles. The van der Waals surface area contributed by atoms with Crippen molar-refractivity contribution < 1.29 is 22.9 Å². The second-order valence-corrected chi connectivity index (χ2v) is 7.27. The zero-order chi connectivity index (χ0) is 21.5. The zero-order valence-corrected chi connectivity index (χ0v) is 16.3. The first kappa shape index (κ1) is 20.9. The van der Waals surface area contributed by atoms with Crippen molar-refractivity contribution in [2.45, 2.75) is 19.9 Å². The Morgan fingerprint density at radius 2 is 1.90 bits per heavy atom. The average Bonchev–Trinajstić information content (AvgIpc) is 2.67. The Kier molecular flexibility index (Phi) is 5.70. The summed E-state index contributed by atoms with van der Waals surface area (Å²) in [6.07, 6.45) is 0. The van der Waals surface area contributed by atoms with E-state index in [1.165, 1.54) is 17.9 Å². The summed E-state index contributed by atoms with van der Waals surface area (Å²) in [6, 6.07) is 4.07. The summed E-state index contributed by atoms with van der Waals surface area (Å²) in [5.41, 5.74) is -0.232. The van der Waals surface area contributed by atoms with Crippen LogP contribution in [0.2, 0.25) is 5.02 Å². The van der Waals surface area contributed by atoms with Gasteiger partial charge in [0.15, 0.2) is 17.5 Å². The van der Waals surface area contributed by atoms with Crippen LogP contribution in [0.15, 0.2) is 24.3 Å². The second kappa shape index (κ2) is 7.90. The van der Waals surface area contributed by atoms with Gasteiger partial charge in [0.2, 0.25) is 0 Å². The molecule has 0 N–H and O–H groups in total. The molecule has 3 rings (SSSR count). The summed E-state index contributed by atoms with van der Waals surface area (Å²) in [7, 11) is 0. The summed E-state index contributed by atoms with van der Waals surface area (Å²) in [6.45, 7) is 3.80. The Morgan fingerprint density at radius 1 is 1.21 bits per heavy atom. The number of piperazine rings is 1. The van der Waals surface area contributed by atoms with E-state index in [0.717, 1.165) is 18.2 Å². The third-order valence-corrected chi connectivity index (χ3v) is 5.25. The minimum absolute atomic E-state index is 0.138. The van der Waals surface area contributed by atoms with Crippen LogP contribution in [-0.2, 0) is 0 Å². The van der Waals surface area contributed by atoms with Gasteiger partial charge < -0.3 is 9.80 Å². The molecule has 154 valence electrons. The highest BCUT2D eigenvalue weighted by Gasteiger charge is 2.32. The predicted molar refractivity (Wildman–Crippen MR) is 102 cm³/mol. The summed E-state index contributed by atoms with van der Waals surface area (Å²) in [5, 5.41) is 10.5. The molecule has 6 nitrogen and oxygen atoms in total. The Labute approximate surface area is 169 Å². The van der Waals surface area contributed by atoms with Crippen molar-refractivity contribution in [1.82, 2.24) is 4.90 Å². The maximum absolute atomic E-state index is 14.4. The van der Waals surface area contributed by atoms with Gasteiger partial charge in [0.05, 0.1) is 27.3 Å². The first-order valence-electron chi connectivity index (χ1n) is 8.75. The number of halogens is 4. The molecule has 1 fully saturated rings. The minimum Gasteiger partial charge on any atom is -0.365 e. The van der Waals surface area contributed by atoms with E-state index in [4.69, 9.17) is 11.6 Å². The van der Waals surface area contributed by atoms with Crippen LogP contribution in [0.25, 0.3) is 0 Å². The number of carbonyl (C=O) groups is 1. The molecule has 0 unspecified atom stereocenters. The number of aryl methyl sites for hydroxylation is 1. The Hall–Kier alpha value is -2.81. The predicted octanol–water partition coefficient (Wildman–Crippen LogP) is 4.32. The van der Waals surface area contributed by atoms with E-state index < -0.39 is 44.9 Å². The van der Waals surface area contributed by atoms with E-state index in [1.54, 1.807) is 11.8 Å². The molecule has 0 aliphatic carbocycles. The van der Waals surface area contributed by atoms with Gasteiger partial charge in [-0.1, -0.05) is 11.6 Å². The van der Waals surface area contributed by atoms with Gasteiger partial charge in [0, 0.05) is 31.2 Å². The van der Waals surface area contributed by atoms with Crippen molar-refractivity contribution in [3.63, 3.8) is 0 Å². The second-order valence-electron chi connectivity index (χ2n) is 6.86. The van der Waals surface area contributed by atoms with E-state index in [9.17, 15) is 28.1 Å². The van der Waals surface area contributed by atoms with E-state index >= 15 is 0 Å². The fraction of sp³-hybridized carbons (Fsp3) is 0.316. The fourth-order valence-electron chi connectivity index (χ4n) is 3.42. The van der Waals surface area contributed by atoms with Gasteiger partial charge in [-0.25, -0.2) is 13.2 Å². The van der Waals surface area contributed by atoms with Crippen LogP contribution in [0.1, 0.15) is 22.8 Å². The molecular formula is C19H17ClF3N3O3. The van der Waals surface area contributed by atoms with Crippen LogP contribution in [-0.4, -0.2) is 41.4 Å². The van der Waals surface area contributed by atoms with Gasteiger partial charge >= 0.3 is 0 Å². The number of carbonyl (C=O) groups excluding carboxylic acids is 1. The molecule has 0 saturated carbocycles. The number of anilines is 1. The molecule has 2 aromatic carbocycles. The van der Waals surface area contributed by atoms with E-state index in [2.05, 4.69) is 0 Å². The molecule has 1 heterocycles. The molecule has 1 amide bonds. The summed E-state index contributed by atoms with van der Waals surface area (Å²) >= 11 is 5.53. The molecule has 0 radical (unpaired) electrons. The lowest BCUT2D eigenvalue weighted by molar-refractivity contribution is -0.385. The first-order chi connectivity index (χ1) is 13.6. The highest BCUT2D eigenvalue weighted by atomic mass is 35.5. The van der Waals surface area contributed by atoms with Gasteiger partial charge in [-0.15, -0.1) is 0 Å². The third-order valence-electron chi connectivity index (χ3n) is 4.96. The standard InChI is InChI=1S/C19H17ClF3N3O3/c1-10-7-16(14(21)8-15(10)26(28)29)24-5-6-25(11(2)9-24)19(27)12-3-4-13(20)18(23)17(12)22/h3-4,7-8,11H,5-6,9H2,1-2H3/t11-/m1/s1. The Bertz CT molecular complexity index is 1000. The van der Waals surface area contributed by atoms with Crippen LogP contribution < -0.4 is 4.90 Å². The first-order valence-corrected chi connectivity index (χ1v) is 9.13. The van der Waals surface area contributed by atoms with Crippen LogP contribution >= 0.6 is 11.6 Å². The fourth-order valence-corrected chi connectivity index (χ4v) is 3.56. The van der Waals surface area contributed by atoms with Crippen molar-refractivity contribution in [2.75, 3.05) is 24.5 Å². The minimum atomic E-state index is -1.31. The van der Waals surface area contributed by atoms with Crippen molar-refractivity contribution in [1.29, 1.82) is 0 Å². The number of hydrogen-bond donors (Lipinski definition) is 0. The van der Waals surface area contributed by atoms with Crippen molar-refractivity contribution >= 4 is 28.9 Å². The number of benzene rings is 2. The van der Waals surface area contributed by atoms with E-state index in [0.29, 0.717) is 5.56 Å². The maximum Gasteiger partial charge on any atom is 0.275 e. The lowest BCUT2D eigenvalue weighted by Crippen LogP contribution is -2.54. The molecule has 0 bridgehead atoms. The Morgan fingerprint density at radius 3 is 2.52 bits per heavy atom. The van der Waals surface area contributed by atoms with Gasteiger partial charge in [0.25, 0.3) is 11.6 Å². The number of nitro groups is 1. The molecule has 1 saturated heterocycles. The molecule has 1 atom stereocenters. The van der Waals surface area contributed by atoms with Crippen LogP contribution in [0.3, 0.4) is 0 Å². The van der Waals surface area contributed by atoms with Gasteiger partial charge in [-0.2, -0.15) is 0 Å². The molecule has 10 heteroatoms. The van der Waals surface area contributed by atoms with Crippen LogP contribution in [0.5, 0.6) is 0 Å². The summed E-state index contributed by atoms with van der Waals surface area (Å²) in [5.74, 6) is -4.02. The molecule has 1 aliphatic rings. The van der Waals surface area contributed by atoms with Crippen molar-refractivity contribution in [3.05, 3.63) is 68.0 Å². The molecule has 29 heavy (non-hydrogen) atoms. The quantitative estimate of drug-likeness (QED) is 0.415. The van der Waals surface area contributed by atoms with Crippen molar-refractivity contribution in [2.24, 2.45) is 0 Å². The van der Waals surface area contributed by atoms with Crippen LogP contribution in [0.4, 0.5) is 24.5 Å². The largest absolute Gasteiger partial charge is 0.365 e. The zero-order valence-electron chi connectivity index (χ0n) is 15.6. The number of amides is 1. The maximum atomic E-state index is 14.4. The summed E-state index contributed by atoms with van der Waals surface area (Å²) < 4.78 is 42.2. The number of rotatable bonds is 3. The average molecular weight is 428 g/mol. The number of nitrogens with zero attached hydrogens (tertiary/aromatic N) is 3. The van der Waals surface area contributed by atoms with Gasteiger partial charge in [-0.3, -0.25) is 14.9 Å². The lowest BCUT2D eigenvalue weighted by atomic mass is 10.1. The van der Waals surface area contributed by atoms with E-state index in [1.807, 2.05) is 0 Å². The highest BCUT2D eigenvalue weighted by molar-refractivity contribution is 6.30. The molecule has 2 aromatic rings. The normalized spacial score (nSPS) is 16.8. The van der Waals surface area contributed by atoms with E-state index in [-0.39, 0.29) is 31.0 Å². The monoisotopic (exact) mass is 427 g/mol. The SMILES string of the molecule is Cc1cc(N2CCN(C(=O)c3ccc(Cl)c(F)c3F)[C@H](C)C2)c(F)cc1[N+](=O)[O-]. The molecular weight excluding hydrogens is 411 g/mol. The van der Waals surface area contributed by atoms with Crippen molar-refractivity contribution in [3.8, 4) is 0 Å². The number of nitro benzene ring substituents is 1. The van der Waals surface area contributed by atoms with Gasteiger partial charge in [-0.05, 0) is 32.0 Å². The Balaban J connectivity index is 1.81.